The van der Waals surface area contributed by atoms with Crippen molar-refractivity contribution in [2.75, 3.05) is 21.2 Å². The van der Waals surface area contributed by atoms with E-state index in [-0.39, 0.29) is 8.22 Å². The highest BCUT2D eigenvalue weighted by Gasteiger charge is 2.44. The van der Waals surface area contributed by atoms with Gasteiger partial charge in [-0.25, -0.2) is 0 Å². The molecule has 0 amide bonds. The molecule has 104 valence electrons. The van der Waals surface area contributed by atoms with Crippen molar-refractivity contribution in [3.05, 3.63) is 24.3 Å². The van der Waals surface area contributed by atoms with Gasteiger partial charge in [-0.2, -0.15) is 0 Å². The maximum atomic E-state index is 5.26. The van der Waals surface area contributed by atoms with Crippen LogP contribution in [0.1, 0.15) is 25.7 Å². The van der Waals surface area contributed by atoms with E-state index in [9.17, 15) is 0 Å². The predicted octanol–water partition coefficient (Wildman–Crippen LogP) is 2.82. The van der Waals surface area contributed by atoms with Crippen LogP contribution < -0.4 is 10.0 Å². The average Bonchev–Trinajstić information content (AvgIpc) is 2.72. The number of rotatable bonds is 2. The van der Waals surface area contributed by atoms with E-state index in [1.807, 2.05) is 0 Å². The minimum absolute atomic E-state index is 0.319. The molecule has 3 nitrogen and oxygen atoms in total. The van der Waals surface area contributed by atoms with Crippen LogP contribution in [0, 0.1) is 0 Å². The smallest absolute Gasteiger partial charge is 0.118 e. The van der Waals surface area contributed by atoms with Crippen LogP contribution in [0.15, 0.2) is 24.3 Å². The lowest BCUT2D eigenvalue weighted by molar-refractivity contribution is 0.233. The molecule has 0 bridgehead atoms. The summed E-state index contributed by atoms with van der Waals surface area (Å²) in [6.45, 7) is 0. The number of nitrogens with zero attached hydrogens (tertiary/aromatic N) is 2. The normalized spacial score (nSPS) is 29.4. The van der Waals surface area contributed by atoms with Gasteiger partial charge in [0.05, 0.1) is 15.3 Å². The second-order valence-corrected chi connectivity index (χ2v) is 7.91. The number of benzene rings is 1. The molecule has 0 spiro atoms. The van der Waals surface area contributed by atoms with Gasteiger partial charge < -0.3 is 4.74 Å². The van der Waals surface area contributed by atoms with Gasteiger partial charge in [0.1, 0.15) is 5.75 Å². The molecule has 1 heterocycles. The van der Waals surface area contributed by atoms with Crippen LogP contribution in [0.3, 0.4) is 0 Å². The molecule has 2 atom stereocenters. The quantitative estimate of drug-likeness (QED) is 0.774. The zero-order chi connectivity index (χ0) is 13.4. The Bertz CT molecular complexity index is 418. The summed E-state index contributed by atoms with van der Waals surface area (Å²) in [4.78, 5) is 0. The van der Waals surface area contributed by atoms with E-state index in [2.05, 4.69) is 47.7 Å². The molecule has 1 saturated heterocycles. The van der Waals surface area contributed by atoms with Gasteiger partial charge in [0.15, 0.2) is 0 Å². The summed E-state index contributed by atoms with van der Waals surface area (Å²) < 4.78 is 10.5. The molecule has 0 N–H and O–H groups in total. The fourth-order valence-electron chi connectivity index (χ4n) is 3.55. The van der Waals surface area contributed by atoms with Crippen molar-refractivity contribution in [1.29, 1.82) is 0 Å². The Hall–Kier alpha value is -0.630. The SMILES string of the molecule is COc1ccc(P2N(C)[C@@H]3CCCC[C@H]3N2C)cc1. The van der Waals surface area contributed by atoms with Gasteiger partial charge in [-0.3, -0.25) is 9.34 Å². The van der Waals surface area contributed by atoms with Crippen molar-refractivity contribution in [2.24, 2.45) is 0 Å². The molecule has 0 unspecified atom stereocenters. The largest absolute Gasteiger partial charge is 0.497 e. The third-order valence-electron chi connectivity index (χ3n) is 4.55. The second-order valence-electron chi connectivity index (χ2n) is 5.55. The number of hydrogen-bond donors (Lipinski definition) is 0. The highest BCUT2D eigenvalue weighted by Crippen LogP contribution is 2.54. The maximum Gasteiger partial charge on any atom is 0.118 e. The molecule has 1 aromatic carbocycles. The minimum Gasteiger partial charge on any atom is -0.497 e. The van der Waals surface area contributed by atoms with E-state index in [0.717, 1.165) is 17.8 Å². The fourth-order valence-corrected chi connectivity index (χ4v) is 6.24. The Kier molecular flexibility index (Phi) is 3.79. The summed E-state index contributed by atoms with van der Waals surface area (Å²) in [5.74, 6) is 0.945. The summed E-state index contributed by atoms with van der Waals surface area (Å²) >= 11 is 0. The van der Waals surface area contributed by atoms with Crippen molar-refractivity contribution < 1.29 is 4.74 Å². The van der Waals surface area contributed by atoms with E-state index in [4.69, 9.17) is 4.74 Å². The highest BCUT2D eigenvalue weighted by atomic mass is 31.1. The van der Waals surface area contributed by atoms with E-state index in [1.54, 1.807) is 7.11 Å². The van der Waals surface area contributed by atoms with Crippen LogP contribution in [0.2, 0.25) is 0 Å². The Balaban J connectivity index is 1.86. The molecule has 1 aromatic rings. The third-order valence-corrected chi connectivity index (χ3v) is 7.10. The summed E-state index contributed by atoms with van der Waals surface area (Å²) in [6, 6.07) is 10.1. The number of methoxy groups -OCH3 is 1. The van der Waals surface area contributed by atoms with Crippen LogP contribution in [0.25, 0.3) is 0 Å². The number of fused-ring (bicyclic) bond motifs is 1. The van der Waals surface area contributed by atoms with Crippen LogP contribution >= 0.6 is 8.22 Å². The van der Waals surface area contributed by atoms with E-state index < -0.39 is 0 Å². The first kappa shape index (κ1) is 13.4. The summed E-state index contributed by atoms with van der Waals surface area (Å²) in [6.07, 6.45) is 5.51. The molecule has 0 aromatic heterocycles. The van der Waals surface area contributed by atoms with Crippen LogP contribution in [0.4, 0.5) is 0 Å². The Morgan fingerprint density at radius 3 is 2.00 bits per heavy atom. The lowest BCUT2D eigenvalue weighted by atomic mass is 9.91. The van der Waals surface area contributed by atoms with E-state index >= 15 is 0 Å². The van der Waals surface area contributed by atoms with Crippen LogP contribution in [0.5, 0.6) is 5.75 Å². The standard InChI is InChI=1S/C15H23N2OP/c1-16-14-6-4-5-7-15(14)17(2)19(16)13-10-8-12(18-3)9-11-13/h8-11,14-15H,4-7H2,1-3H3/t14-,15-/m1/s1. The summed E-state index contributed by atoms with van der Waals surface area (Å²) in [5.41, 5.74) is 0. The van der Waals surface area contributed by atoms with E-state index in [0.29, 0.717) is 0 Å². The van der Waals surface area contributed by atoms with Gasteiger partial charge >= 0.3 is 0 Å². The molecular weight excluding hydrogens is 255 g/mol. The van der Waals surface area contributed by atoms with Gasteiger partial charge in [-0.05, 0) is 51.2 Å². The second kappa shape index (κ2) is 5.40. The van der Waals surface area contributed by atoms with Crippen LogP contribution in [-0.4, -0.2) is 42.6 Å². The molecule has 2 aliphatic rings. The monoisotopic (exact) mass is 278 g/mol. The predicted molar refractivity (Wildman–Crippen MR) is 81.1 cm³/mol. The molecule has 2 fully saturated rings. The van der Waals surface area contributed by atoms with Gasteiger partial charge in [-0.15, -0.1) is 0 Å². The molecule has 19 heavy (non-hydrogen) atoms. The zero-order valence-electron chi connectivity index (χ0n) is 12.0. The van der Waals surface area contributed by atoms with Crippen molar-refractivity contribution in [1.82, 2.24) is 9.34 Å². The molecule has 1 aliphatic carbocycles. The van der Waals surface area contributed by atoms with Crippen molar-refractivity contribution in [3.8, 4) is 5.75 Å². The van der Waals surface area contributed by atoms with Gasteiger partial charge in [0.25, 0.3) is 0 Å². The summed E-state index contributed by atoms with van der Waals surface area (Å²) in [7, 11) is 6.02. The van der Waals surface area contributed by atoms with Crippen molar-refractivity contribution >= 4 is 13.5 Å². The molecule has 3 rings (SSSR count). The van der Waals surface area contributed by atoms with Gasteiger partial charge in [0, 0.05) is 17.4 Å². The van der Waals surface area contributed by atoms with E-state index in [1.165, 1.54) is 31.0 Å². The van der Waals surface area contributed by atoms with Gasteiger partial charge in [0.2, 0.25) is 0 Å². The topological polar surface area (TPSA) is 15.7 Å². The van der Waals surface area contributed by atoms with Crippen molar-refractivity contribution in [3.63, 3.8) is 0 Å². The van der Waals surface area contributed by atoms with Crippen LogP contribution in [-0.2, 0) is 0 Å². The first-order chi connectivity index (χ1) is 9.22. The molecule has 1 saturated carbocycles. The number of hydrogen-bond acceptors (Lipinski definition) is 3. The number of ether oxygens (including phenoxy) is 1. The average molecular weight is 278 g/mol. The Morgan fingerprint density at radius 1 is 1.00 bits per heavy atom. The summed E-state index contributed by atoms with van der Waals surface area (Å²) in [5, 5.41) is 1.44. The minimum atomic E-state index is -0.319. The molecular formula is C15H23N2OP. The highest BCUT2D eigenvalue weighted by molar-refractivity contribution is 7.61. The van der Waals surface area contributed by atoms with Crippen molar-refractivity contribution in [2.45, 2.75) is 37.8 Å². The lowest BCUT2D eigenvalue weighted by Crippen LogP contribution is -2.37. The number of likely N-dealkylation sites (N-methyl/N-ethyl adjacent to an activating group) is 2. The Morgan fingerprint density at radius 2 is 1.53 bits per heavy atom. The molecule has 0 radical (unpaired) electrons. The lowest BCUT2D eigenvalue weighted by Gasteiger charge is -2.29. The maximum absolute atomic E-state index is 5.26. The zero-order valence-corrected chi connectivity index (χ0v) is 12.9. The molecule has 4 heteroatoms. The fraction of sp³-hybridized carbons (Fsp3) is 0.600. The molecule has 1 aliphatic heterocycles. The third kappa shape index (κ3) is 2.29. The first-order valence-electron chi connectivity index (χ1n) is 7.12. The Labute approximate surface area is 117 Å². The first-order valence-corrected chi connectivity index (χ1v) is 8.37. The van der Waals surface area contributed by atoms with Gasteiger partial charge in [-0.1, -0.05) is 12.8 Å².